The van der Waals surface area contributed by atoms with Gasteiger partial charge in [-0.2, -0.15) is 0 Å². The fraction of sp³-hybridized carbons (Fsp3) is 0.438. The van der Waals surface area contributed by atoms with Crippen LogP contribution in [0.15, 0.2) is 30.5 Å². The summed E-state index contributed by atoms with van der Waals surface area (Å²) < 4.78 is 0. The second-order valence-corrected chi connectivity index (χ2v) is 5.88. The molecule has 1 saturated heterocycles. The number of aromatic nitrogens is 1. The molecule has 2 aromatic rings. The zero-order chi connectivity index (χ0) is 14.2. The van der Waals surface area contributed by atoms with E-state index in [4.69, 9.17) is 0 Å². The number of hydrogen-bond donors (Lipinski definition) is 2. The Bertz CT molecular complexity index is 625. The highest BCUT2D eigenvalue weighted by Crippen LogP contribution is 2.30. The summed E-state index contributed by atoms with van der Waals surface area (Å²) in [7, 11) is 0. The molecule has 0 bridgehead atoms. The second kappa shape index (κ2) is 4.94. The summed E-state index contributed by atoms with van der Waals surface area (Å²) in [5.74, 6) is 1.16. The minimum atomic E-state index is -0.582. The molecule has 106 valence electrons. The number of aliphatic hydroxyl groups is 1. The van der Waals surface area contributed by atoms with Crippen LogP contribution in [0, 0.1) is 0 Å². The smallest absolute Gasteiger partial charge is 0.136 e. The SMILES string of the molecule is CC1(O)CCCN(c2nccc3ccc(O)cc23)CC1. The average molecular weight is 272 g/mol. The number of benzene rings is 1. The second-order valence-electron chi connectivity index (χ2n) is 5.88. The Labute approximate surface area is 118 Å². The summed E-state index contributed by atoms with van der Waals surface area (Å²) in [5, 5.41) is 21.9. The molecule has 2 heterocycles. The highest BCUT2D eigenvalue weighted by Gasteiger charge is 2.26. The van der Waals surface area contributed by atoms with Crippen LogP contribution in [-0.2, 0) is 0 Å². The molecule has 0 saturated carbocycles. The molecule has 1 aliphatic heterocycles. The molecule has 1 atom stereocenters. The minimum Gasteiger partial charge on any atom is -0.508 e. The zero-order valence-corrected chi connectivity index (χ0v) is 11.7. The molecular weight excluding hydrogens is 252 g/mol. The standard InChI is InChI=1S/C16H20N2O2/c1-16(20)6-2-9-18(10-7-16)15-14-11-13(19)4-3-12(14)5-8-17-15/h3-5,8,11,19-20H,2,6-7,9-10H2,1H3. The first-order valence-electron chi connectivity index (χ1n) is 7.10. The third-order valence-electron chi connectivity index (χ3n) is 4.09. The first-order chi connectivity index (χ1) is 9.55. The molecule has 4 nitrogen and oxygen atoms in total. The first-order valence-corrected chi connectivity index (χ1v) is 7.10. The van der Waals surface area contributed by atoms with Crippen molar-refractivity contribution >= 4 is 16.6 Å². The number of anilines is 1. The molecule has 1 unspecified atom stereocenters. The highest BCUT2D eigenvalue weighted by molar-refractivity contribution is 5.93. The van der Waals surface area contributed by atoms with Crippen LogP contribution < -0.4 is 4.90 Å². The molecule has 1 aromatic heterocycles. The number of phenolic OH excluding ortho intramolecular Hbond substituents is 1. The van der Waals surface area contributed by atoms with E-state index in [1.165, 1.54) is 0 Å². The van der Waals surface area contributed by atoms with E-state index in [9.17, 15) is 10.2 Å². The molecule has 20 heavy (non-hydrogen) atoms. The first kappa shape index (κ1) is 13.2. The number of aromatic hydroxyl groups is 1. The summed E-state index contributed by atoms with van der Waals surface area (Å²) in [4.78, 5) is 6.71. The van der Waals surface area contributed by atoms with Crippen LogP contribution in [0.2, 0.25) is 0 Å². The predicted molar refractivity (Wildman–Crippen MR) is 80.1 cm³/mol. The van der Waals surface area contributed by atoms with Crippen molar-refractivity contribution in [3.63, 3.8) is 0 Å². The normalized spacial score (nSPS) is 23.8. The summed E-state index contributed by atoms with van der Waals surface area (Å²) in [6, 6.07) is 7.32. The fourth-order valence-corrected chi connectivity index (χ4v) is 2.87. The molecule has 0 amide bonds. The van der Waals surface area contributed by atoms with Gasteiger partial charge in [-0.25, -0.2) is 4.98 Å². The largest absolute Gasteiger partial charge is 0.508 e. The van der Waals surface area contributed by atoms with Crippen molar-refractivity contribution < 1.29 is 10.2 Å². The van der Waals surface area contributed by atoms with Crippen LogP contribution in [0.3, 0.4) is 0 Å². The van der Waals surface area contributed by atoms with Crippen LogP contribution >= 0.6 is 0 Å². The van der Waals surface area contributed by atoms with Gasteiger partial charge in [0.2, 0.25) is 0 Å². The molecule has 0 aliphatic carbocycles. The van der Waals surface area contributed by atoms with Gasteiger partial charge < -0.3 is 15.1 Å². The van der Waals surface area contributed by atoms with Crippen molar-refractivity contribution in [3.8, 4) is 5.75 Å². The molecule has 1 fully saturated rings. The van der Waals surface area contributed by atoms with Crippen molar-refractivity contribution in [2.45, 2.75) is 31.8 Å². The van der Waals surface area contributed by atoms with Gasteiger partial charge in [0.15, 0.2) is 0 Å². The Balaban J connectivity index is 1.99. The van der Waals surface area contributed by atoms with E-state index in [1.54, 1.807) is 18.3 Å². The number of rotatable bonds is 1. The molecule has 1 aliphatic rings. The monoisotopic (exact) mass is 272 g/mol. The molecule has 0 radical (unpaired) electrons. The summed E-state index contributed by atoms with van der Waals surface area (Å²) in [5.41, 5.74) is -0.582. The minimum absolute atomic E-state index is 0.258. The van der Waals surface area contributed by atoms with Crippen LogP contribution in [0.25, 0.3) is 10.8 Å². The molecule has 2 N–H and O–H groups in total. The van der Waals surface area contributed by atoms with Crippen molar-refractivity contribution in [1.82, 2.24) is 4.98 Å². The van der Waals surface area contributed by atoms with Crippen LogP contribution in [0.1, 0.15) is 26.2 Å². The topological polar surface area (TPSA) is 56.6 Å². The number of nitrogens with zero attached hydrogens (tertiary/aromatic N) is 2. The number of hydrogen-bond acceptors (Lipinski definition) is 4. The Morgan fingerprint density at radius 1 is 1.20 bits per heavy atom. The van der Waals surface area contributed by atoms with E-state index in [0.717, 1.165) is 48.9 Å². The van der Waals surface area contributed by atoms with E-state index in [1.807, 2.05) is 19.1 Å². The quantitative estimate of drug-likeness (QED) is 0.838. The lowest BCUT2D eigenvalue weighted by Crippen LogP contribution is -2.28. The van der Waals surface area contributed by atoms with Crippen molar-refractivity contribution in [2.24, 2.45) is 0 Å². The summed E-state index contributed by atoms with van der Waals surface area (Å²) in [6.45, 7) is 3.57. The van der Waals surface area contributed by atoms with Crippen molar-refractivity contribution in [3.05, 3.63) is 30.5 Å². The van der Waals surface area contributed by atoms with Gasteiger partial charge in [-0.1, -0.05) is 6.07 Å². The maximum atomic E-state index is 10.2. The number of fused-ring (bicyclic) bond motifs is 1. The van der Waals surface area contributed by atoms with Gasteiger partial charge in [-0.05, 0) is 49.8 Å². The lowest BCUT2D eigenvalue weighted by molar-refractivity contribution is 0.0481. The Hall–Kier alpha value is -1.81. The van der Waals surface area contributed by atoms with Crippen molar-refractivity contribution in [2.75, 3.05) is 18.0 Å². The number of pyridine rings is 1. The zero-order valence-electron chi connectivity index (χ0n) is 11.7. The fourth-order valence-electron chi connectivity index (χ4n) is 2.87. The van der Waals surface area contributed by atoms with E-state index >= 15 is 0 Å². The third-order valence-corrected chi connectivity index (χ3v) is 4.09. The van der Waals surface area contributed by atoms with Crippen LogP contribution in [0.5, 0.6) is 5.75 Å². The summed E-state index contributed by atoms with van der Waals surface area (Å²) >= 11 is 0. The molecule has 1 aromatic carbocycles. The van der Waals surface area contributed by atoms with Gasteiger partial charge in [0, 0.05) is 24.7 Å². The molecular formula is C16H20N2O2. The molecule has 3 rings (SSSR count). The van der Waals surface area contributed by atoms with Gasteiger partial charge in [-0.3, -0.25) is 0 Å². The Morgan fingerprint density at radius 3 is 2.90 bits per heavy atom. The van der Waals surface area contributed by atoms with E-state index in [-0.39, 0.29) is 5.75 Å². The lowest BCUT2D eigenvalue weighted by atomic mass is 9.98. The van der Waals surface area contributed by atoms with Crippen LogP contribution in [-0.4, -0.2) is 33.9 Å². The Kier molecular flexibility index (Phi) is 3.26. The highest BCUT2D eigenvalue weighted by atomic mass is 16.3. The van der Waals surface area contributed by atoms with Gasteiger partial charge in [-0.15, -0.1) is 0 Å². The maximum absolute atomic E-state index is 10.2. The van der Waals surface area contributed by atoms with Crippen molar-refractivity contribution in [1.29, 1.82) is 0 Å². The van der Waals surface area contributed by atoms with E-state index in [0.29, 0.717) is 0 Å². The molecule has 4 heteroatoms. The van der Waals surface area contributed by atoms with Gasteiger partial charge in [0.05, 0.1) is 5.60 Å². The number of phenols is 1. The van der Waals surface area contributed by atoms with Crippen LogP contribution in [0.4, 0.5) is 5.82 Å². The maximum Gasteiger partial charge on any atom is 0.136 e. The van der Waals surface area contributed by atoms with Gasteiger partial charge in [0.25, 0.3) is 0 Å². The van der Waals surface area contributed by atoms with Gasteiger partial charge >= 0.3 is 0 Å². The van der Waals surface area contributed by atoms with E-state index < -0.39 is 5.60 Å². The third kappa shape index (κ3) is 2.56. The summed E-state index contributed by atoms with van der Waals surface area (Å²) in [6.07, 6.45) is 4.31. The lowest BCUT2D eigenvalue weighted by Gasteiger charge is -2.24. The van der Waals surface area contributed by atoms with E-state index in [2.05, 4.69) is 9.88 Å². The molecule has 0 spiro atoms. The predicted octanol–water partition coefficient (Wildman–Crippen LogP) is 2.68. The Morgan fingerprint density at radius 2 is 2.05 bits per heavy atom. The van der Waals surface area contributed by atoms with Gasteiger partial charge in [0.1, 0.15) is 11.6 Å². The average Bonchev–Trinajstić information content (AvgIpc) is 2.59.